The fourth-order valence-corrected chi connectivity index (χ4v) is 2.31. The summed E-state index contributed by atoms with van der Waals surface area (Å²) in [6, 6.07) is 1.59. The first-order chi connectivity index (χ1) is 9.54. The van der Waals surface area contributed by atoms with Crippen LogP contribution in [-0.2, 0) is 10.6 Å². The molecule has 0 radical (unpaired) electrons. The third-order valence-electron chi connectivity index (χ3n) is 2.99. The van der Waals surface area contributed by atoms with Crippen LogP contribution < -0.4 is 4.74 Å². The van der Waals surface area contributed by atoms with Crippen molar-refractivity contribution >= 4 is 28.5 Å². The van der Waals surface area contributed by atoms with E-state index in [4.69, 9.17) is 25.5 Å². The number of methoxy groups -OCH3 is 1. The molecule has 5 nitrogen and oxygen atoms in total. The van der Waals surface area contributed by atoms with E-state index in [1.54, 1.807) is 19.9 Å². The molecule has 108 valence electrons. The number of carbonyl (C=O) groups excluding carboxylic acids is 1. The maximum absolute atomic E-state index is 12.0. The summed E-state index contributed by atoms with van der Waals surface area (Å²) in [5.41, 5.74) is 1.21. The van der Waals surface area contributed by atoms with Crippen molar-refractivity contribution in [3.63, 3.8) is 0 Å². The smallest absolute Gasteiger partial charge is 0.342 e. The molecule has 20 heavy (non-hydrogen) atoms. The molecule has 1 heterocycles. The lowest BCUT2D eigenvalue weighted by atomic mass is 10.1. The number of furan rings is 1. The van der Waals surface area contributed by atoms with Gasteiger partial charge in [-0.15, -0.1) is 11.6 Å². The highest BCUT2D eigenvalue weighted by Gasteiger charge is 2.26. The minimum Gasteiger partial charge on any atom is -0.504 e. The molecule has 0 saturated carbocycles. The summed E-state index contributed by atoms with van der Waals surface area (Å²) in [6.07, 6.45) is 0. The third kappa shape index (κ3) is 2.18. The number of fused-ring (bicyclic) bond motifs is 1. The van der Waals surface area contributed by atoms with Crippen LogP contribution in [0.2, 0.25) is 0 Å². The molecule has 0 saturated heterocycles. The Bertz CT molecular complexity index is 659. The number of hydrogen-bond donors (Lipinski definition) is 1. The zero-order valence-electron chi connectivity index (χ0n) is 11.4. The number of carbonyl (C=O) groups is 1. The maximum atomic E-state index is 12.0. The second-order valence-electron chi connectivity index (χ2n) is 4.18. The van der Waals surface area contributed by atoms with Gasteiger partial charge in [0.25, 0.3) is 0 Å². The molecule has 6 heteroatoms. The fraction of sp³-hybridized carbons (Fsp3) is 0.357. The van der Waals surface area contributed by atoms with Crippen LogP contribution in [0.3, 0.4) is 0 Å². The summed E-state index contributed by atoms with van der Waals surface area (Å²) < 4.78 is 15.7. The van der Waals surface area contributed by atoms with E-state index in [1.807, 2.05) is 0 Å². The number of aromatic hydroxyl groups is 1. The van der Waals surface area contributed by atoms with Crippen LogP contribution in [-0.4, -0.2) is 24.8 Å². The van der Waals surface area contributed by atoms with Crippen molar-refractivity contribution in [2.45, 2.75) is 19.7 Å². The summed E-state index contributed by atoms with van der Waals surface area (Å²) in [6.45, 7) is 3.58. The molecule has 0 amide bonds. The number of hydrogen-bond acceptors (Lipinski definition) is 5. The van der Waals surface area contributed by atoms with Crippen molar-refractivity contribution in [3.05, 3.63) is 23.0 Å². The van der Waals surface area contributed by atoms with Crippen molar-refractivity contribution in [1.29, 1.82) is 0 Å². The van der Waals surface area contributed by atoms with Gasteiger partial charge in [0.2, 0.25) is 0 Å². The van der Waals surface area contributed by atoms with Crippen molar-refractivity contribution < 1.29 is 23.8 Å². The number of phenolic OH excluding ortho intramolecular Hbond substituents is 1. The molecule has 1 N–H and O–H groups in total. The molecule has 0 fully saturated rings. The highest BCUT2D eigenvalue weighted by Crippen LogP contribution is 2.42. The van der Waals surface area contributed by atoms with Gasteiger partial charge in [-0.25, -0.2) is 4.79 Å². The fourth-order valence-electron chi connectivity index (χ4n) is 2.12. The van der Waals surface area contributed by atoms with Crippen LogP contribution in [0.4, 0.5) is 0 Å². The molecular weight excluding hydrogens is 284 g/mol. The summed E-state index contributed by atoms with van der Waals surface area (Å²) in [5, 5.41) is 10.5. The Hall–Kier alpha value is -1.88. The number of alkyl halides is 1. The average molecular weight is 299 g/mol. The minimum absolute atomic E-state index is 0.156. The largest absolute Gasteiger partial charge is 0.504 e. The molecule has 0 atom stereocenters. The summed E-state index contributed by atoms with van der Waals surface area (Å²) >= 11 is 5.88. The molecule has 0 aliphatic carbocycles. The first-order valence-corrected chi connectivity index (χ1v) is 6.63. The number of phenols is 1. The molecule has 0 bridgehead atoms. The Labute approximate surface area is 121 Å². The molecule has 2 rings (SSSR count). The Morgan fingerprint density at radius 2 is 2.20 bits per heavy atom. The monoisotopic (exact) mass is 298 g/mol. The Morgan fingerprint density at radius 1 is 1.50 bits per heavy atom. The zero-order chi connectivity index (χ0) is 14.9. The number of benzene rings is 1. The van der Waals surface area contributed by atoms with Crippen molar-refractivity contribution in [1.82, 2.24) is 0 Å². The van der Waals surface area contributed by atoms with E-state index >= 15 is 0 Å². The van der Waals surface area contributed by atoms with Crippen LogP contribution in [0.5, 0.6) is 11.5 Å². The summed E-state index contributed by atoms with van der Waals surface area (Å²) in [7, 11) is 1.43. The summed E-state index contributed by atoms with van der Waals surface area (Å²) in [4.78, 5) is 12.0. The molecule has 0 aliphatic rings. The molecule has 0 spiro atoms. The van der Waals surface area contributed by atoms with E-state index in [2.05, 4.69) is 0 Å². The van der Waals surface area contributed by atoms with Crippen LogP contribution in [0.15, 0.2) is 10.5 Å². The van der Waals surface area contributed by atoms with Crippen molar-refractivity contribution in [2.24, 2.45) is 0 Å². The van der Waals surface area contributed by atoms with Crippen LogP contribution >= 0.6 is 11.6 Å². The first-order valence-electron chi connectivity index (χ1n) is 6.10. The molecule has 1 aromatic heterocycles. The van der Waals surface area contributed by atoms with Gasteiger partial charge >= 0.3 is 5.97 Å². The predicted molar refractivity (Wildman–Crippen MR) is 74.7 cm³/mol. The third-order valence-corrected chi connectivity index (χ3v) is 3.28. The lowest BCUT2D eigenvalue weighted by molar-refractivity contribution is 0.0526. The Balaban J connectivity index is 2.82. The Morgan fingerprint density at radius 3 is 2.75 bits per heavy atom. The second-order valence-corrected chi connectivity index (χ2v) is 4.45. The predicted octanol–water partition coefficient (Wildman–Crippen LogP) is 3.37. The first kappa shape index (κ1) is 14.5. The average Bonchev–Trinajstić information content (AvgIpc) is 2.77. The van der Waals surface area contributed by atoms with Crippen LogP contribution in [0.1, 0.15) is 28.6 Å². The number of aryl methyl sites for hydroxylation is 1. The van der Waals surface area contributed by atoms with Crippen LogP contribution in [0, 0.1) is 6.92 Å². The van der Waals surface area contributed by atoms with E-state index < -0.39 is 5.97 Å². The van der Waals surface area contributed by atoms with Gasteiger partial charge < -0.3 is 19.0 Å². The number of esters is 1. The van der Waals surface area contributed by atoms with Gasteiger partial charge in [-0.1, -0.05) is 0 Å². The molecular formula is C14H15ClO5. The number of ether oxygens (including phenoxy) is 2. The van der Waals surface area contributed by atoms with E-state index in [-0.39, 0.29) is 34.9 Å². The van der Waals surface area contributed by atoms with Crippen LogP contribution in [0.25, 0.3) is 11.0 Å². The lowest BCUT2D eigenvalue weighted by Gasteiger charge is -2.08. The van der Waals surface area contributed by atoms with Crippen molar-refractivity contribution in [2.75, 3.05) is 13.7 Å². The molecule has 2 aromatic rings. The Kier molecular flexibility index (Phi) is 4.09. The zero-order valence-corrected chi connectivity index (χ0v) is 12.2. The van der Waals surface area contributed by atoms with E-state index in [0.29, 0.717) is 16.9 Å². The maximum Gasteiger partial charge on any atom is 0.342 e. The molecule has 1 aromatic carbocycles. The summed E-state index contributed by atoms with van der Waals surface area (Å²) in [5.74, 6) is 0.0690. The second kappa shape index (κ2) is 5.63. The van der Waals surface area contributed by atoms with E-state index in [9.17, 15) is 9.90 Å². The van der Waals surface area contributed by atoms with Gasteiger partial charge in [-0.3, -0.25) is 0 Å². The topological polar surface area (TPSA) is 68.9 Å². The lowest BCUT2D eigenvalue weighted by Crippen LogP contribution is -2.05. The van der Waals surface area contributed by atoms with Gasteiger partial charge in [-0.2, -0.15) is 0 Å². The van der Waals surface area contributed by atoms with E-state index in [1.165, 1.54) is 7.11 Å². The van der Waals surface area contributed by atoms with Gasteiger partial charge in [0.15, 0.2) is 11.5 Å². The number of rotatable bonds is 4. The molecule has 0 aliphatic heterocycles. The van der Waals surface area contributed by atoms with Gasteiger partial charge in [0.05, 0.1) is 25.0 Å². The van der Waals surface area contributed by atoms with Gasteiger partial charge in [0, 0.05) is 5.56 Å². The quantitative estimate of drug-likeness (QED) is 0.692. The number of halogens is 1. The highest BCUT2D eigenvalue weighted by molar-refractivity contribution is 6.18. The van der Waals surface area contributed by atoms with Gasteiger partial charge in [-0.05, 0) is 19.9 Å². The standard InChI is InChI=1S/C14H15ClO5/c1-4-19-14(17)10-7(2)20-13-8(6-15)5-9(18-3)12(16)11(10)13/h5,16H,4,6H2,1-3H3. The normalized spacial score (nSPS) is 10.8. The van der Waals surface area contributed by atoms with Gasteiger partial charge in [0.1, 0.15) is 16.9 Å². The highest BCUT2D eigenvalue weighted by atomic mass is 35.5. The van der Waals surface area contributed by atoms with E-state index in [0.717, 1.165) is 0 Å². The minimum atomic E-state index is -0.548. The SMILES string of the molecule is CCOC(=O)c1c(C)oc2c(CCl)cc(OC)c(O)c12. The molecule has 0 unspecified atom stereocenters. The van der Waals surface area contributed by atoms with Crippen molar-refractivity contribution in [3.8, 4) is 11.5 Å².